The lowest BCUT2D eigenvalue weighted by molar-refractivity contribution is -0.122. The zero-order valence-electron chi connectivity index (χ0n) is 15.4. The van der Waals surface area contributed by atoms with Crippen molar-refractivity contribution in [3.63, 3.8) is 0 Å². The third-order valence-electron chi connectivity index (χ3n) is 4.52. The Morgan fingerprint density at radius 2 is 1.92 bits per heavy atom. The first-order valence-corrected chi connectivity index (χ1v) is 8.41. The Morgan fingerprint density at radius 1 is 1.20 bits per heavy atom. The van der Waals surface area contributed by atoms with Crippen molar-refractivity contribution in [1.29, 1.82) is 0 Å². The van der Waals surface area contributed by atoms with E-state index < -0.39 is 0 Å². The van der Waals surface area contributed by atoms with E-state index in [-0.39, 0.29) is 24.4 Å². The first-order valence-electron chi connectivity index (χ1n) is 8.41. The van der Waals surface area contributed by atoms with E-state index in [1.54, 1.807) is 21.3 Å². The third-order valence-corrected chi connectivity index (χ3v) is 4.52. The van der Waals surface area contributed by atoms with Gasteiger partial charge >= 0.3 is 0 Å². The minimum absolute atomic E-state index is 0. The van der Waals surface area contributed by atoms with E-state index in [1.807, 2.05) is 12.1 Å². The minimum atomic E-state index is 0. The summed E-state index contributed by atoms with van der Waals surface area (Å²) < 4.78 is 16.1. The average molecular weight is 373 g/mol. The summed E-state index contributed by atoms with van der Waals surface area (Å²) in [5.41, 5.74) is 0.931. The highest BCUT2D eigenvalue weighted by Gasteiger charge is 2.22. The molecule has 0 aliphatic carbocycles. The van der Waals surface area contributed by atoms with Crippen molar-refractivity contribution in [2.75, 3.05) is 27.9 Å². The molecule has 0 spiro atoms. The molecule has 0 radical (unpaired) electrons. The molecule has 7 heteroatoms. The standard InChI is InChI=1S/C18H28N2O4.ClH/c1-12-14(6-5-11-19-12)20-16(21)10-8-13-7-9-15(22-2)18(24-4)17(13)23-3;/h7,9,12,14,19H,5-6,8,10-11H2,1-4H3,(H,20,21);1H. The Hall–Kier alpha value is -1.66. The van der Waals surface area contributed by atoms with Crippen LogP contribution in [0.15, 0.2) is 12.1 Å². The second-order valence-electron chi connectivity index (χ2n) is 6.05. The molecule has 1 aliphatic heterocycles. The number of benzene rings is 1. The van der Waals surface area contributed by atoms with E-state index >= 15 is 0 Å². The van der Waals surface area contributed by atoms with Crippen molar-refractivity contribution in [2.45, 2.75) is 44.7 Å². The van der Waals surface area contributed by atoms with E-state index in [1.165, 1.54) is 0 Å². The van der Waals surface area contributed by atoms with Crippen LogP contribution in [-0.4, -0.2) is 45.9 Å². The molecule has 6 nitrogen and oxygen atoms in total. The maximum atomic E-state index is 12.3. The molecule has 1 saturated heterocycles. The van der Waals surface area contributed by atoms with Gasteiger partial charge in [0.1, 0.15) is 0 Å². The maximum absolute atomic E-state index is 12.3. The highest BCUT2D eigenvalue weighted by Crippen LogP contribution is 2.40. The van der Waals surface area contributed by atoms with Crippen LogP contribution in [0.2, 0.25) is 0 Å². The molecule has 142 valence electrons. The van der Waals surface area contributed by atoms with Crippen LogP contribution in [0.1, 0.15) is 31.7 Å². The lowest BCUT2D eigenvalue weighted by Gasteiger charge is -2.30. The summed E-state index contributed by atoms with van der Waals surface area (Å²) in [6.45, 7) is 3.14. The number of halogens is 1. The highest BCUT2D eigenvalue weighted by molar-refractivity contribution is 5.85. The predicted octanol–water partition coefficient (Wildman–Crippen LogP) is 2.32. The molecule has 1 amide bonds. The number of piperidine rings is 1. The number of amides is 1. The van der Waals surface area contributed by atoms with Crippen LogP contribution in [0.3, 0.4) is 0 Å². The number of carbonyl (C=O) groups is 1. The van der Waals surface area contributed by atoms with Crippen LogP contribution in [0.4, 0.5) is 0 Å². The normalized spacial score (nSPS) is 19.5. The van der Waals surface area contributed by atoms with Gasteiger partial charge < -0.3 is 24.8 Å². The number of methoxy groups -OCH3 is 3. The fourth-order valence-electron chi connectivity index (χ4n) is 3.13. The second-order valence-corrected chi connectivity index (χ2v) is 6.05. The van der Waals surface area contributed by atoms with Crippen molar-refractivity contribution in [2.24, 2.45) is 0 Å². The Bertz CT molecular complexity index is 568. The molecule has 1 aromatic carbocycles. The van der Waals surface area contributed by atoms with Gasteiger partial charge in [0.15, 0.2) is 11.5 Å². The largest absolute Gasteiger partial charge is 0.493 e. The van der Waals surface area contributed by atoms with Gasteiger partial charge in [0.25, 0.3) is 0 Å². The van der Waals surface area contributed by atoms with Crippen molar-refractivity contribution in [3.8, 4) is 17.2 Å². The van der Waals surface area contributed by atoms with Crippen molar-refractivity contribution in [1.82, 2.24) is 10.6 Å². The molecule has 1 fully saturated rings. The molecule has 1 aromatic rings. The zero-order chi connectivity index (χ0) is 17.5. The monoisotopic (exact) mass is 372 g/mol. The molecular formula is C18H29ClN2O4. The van der Waals surface area contributed by atoms with Gasteiger partial charge in [-0.15, -0.1) is 12.4 Å². The van der Waals surface area contributed by atoms with E-state index in [0.29, 0.717) is 36.1 Å². The molecule has 25 heavy (non-hydrogen) atoms. The maximum Gasteiger partial charge on any atom is 0.220 e. The van der Waals surface area contributed by atoms with Crippen LogP contribution in [0.5, 0.6) is 17.2 Å². The topological polar surface area (TPSA) is 68.8 Å². The molecule has 2 unspecified atom stereocenters. The van der Waals surface area contributed by atoms with Gasteiger partial charge in [-0.05, 0) is 44.4 Å². The Labute approximate surface area is 156 Å². The number of nitrogens with one attached hydrogen (secondary N) is 2. The Balaban J connectivity index is 0.00000312. The van der Waals surface area contributed by atoms with Crippen molar-refractivity contribution >= 4 is 18.3 Å². The summed E-state index contributed by atoms with van der Waals surface area (Å²) in [4.78, 5) is 12.3. The third kappa shape index (κ3) is 5.41. The molecular weight excluding hydrogens is 344 g/mol. The number of carbonyl (C=O) groups excluding carboxylic acids is 1. The average Bonchev–Trinajstić information content (AvgIpc) is 2.60. The molecule has 1 heterocycles. The van der Waals surface area contributed by atoms with Gasteiger partial charge in [-0.25, -0.2) is 0 Å². The first-order chi connectivity index (χ1) is 11.6. The van der Waals surface area contributed by atoms with Gasteiger partial charge in [-0.3, -0.25) is 4.79 Å². The fourth-order valence-corrected chi connectivity index (χ4v) is 3.13. The lowest BCUT2D eigenvalue weighted by Crippen LogP contribution is -2.51. The Morgan fingerprint density at radius 3 is 2.52 bits per heavy atom. The summed E-state index contributed by atoms with van der Waals surface area (Å²) >= 11 is 0. The van der Waals surface area contributed by atoms with Gasteiger partial charge in [0.05, 0.1) is 21.3 Å². The molecule has 0 saturated carbocycles. The lowest BCUT2D eigenvalue weighted by atomic mass is 9.99. The number of ether oxygens (including phenoxy) is 3. The predicted molar refractivity (Wildman–Crippen MR) is 100 cm³/mol. The van der Waals surface area contributed by atoms with Crippen molar-refractivity contribution < 1.29 is 19.0 Å². The van der Waals surface area contributed by atoms with Gasteiger partial charge in [0, 0.05) is 18.5 Å². The summed E-state index contributed by atoms with van der Waals surface area (Å²) in [6, 6.07) is 4.27. The van der Waals surface area contributed by atoms with Crippen LogP contribution in [-0.2, 0) is 11.2 Å². The van der Waals surface area contributed by atoms with E-state index in [0.717, 1.165) is 24.9 Å². The van der Waals surface area contributed by atoms with Crippen LogP contribution in [0.25, 0.3) is 0 Å². The van der Waals surface area contributed by atoms with Gasteiger partial charge in [-0.2, -0.15) is 0 Å². The molecule has 2 rings (SSSR count). The van der Waals surface area contributed by atoms with Crippen LogP contribution in [0, 0.1) is 0 Å². The van der Waals surface area contributed by atoms with E-state index in [2.05, 4.69) is 17.6 Å². The van der Waals surface area contributed by atoms with Gasteiger partial charge in [0.2, 0.25) is 11.7 Å². The summed E-state index contributed by atoms with van der Waals surface area (Å²) in [6.07, 6.45) is 3.12. The summed E-state index contributed by atoms with van der Waals surface area (Å²) in [7, 11) is 4.76. The first kappa shape index (κ1) is 21.4. The van der Waals surface area contributed by atoms with Gasteiger partial charge in [-0.1, -0.05) is 6.07 Å². The molecule has 1 aliphatic rings. The number of rotatable bonds is 7. The SMILES string of the molecule is COc1ccc(CCC(=O)NC2CCCNC2C)c(OC)c1OC.Cl. The van der Waals surface area contributed by atoms with Crippen LogP contribution < -0.4 is 24.8 Å². The number of hydrogen-bond acceptors (Lipinski definition) is 5. The molecule has 0 aromatic heterocycles. The molecule has 2 N–H and O–H groups in total. The van der Waals surface area contributed by atoms with Crippen molar-refractivity contribution in [3.05, 3.63) is 17.7 Å². The minimum Gasteiger partial charge on any atom is -0.493 e. The fraction of sp³-hybridized carbons (Fsp3) is 0.611. The smallest absolute Gasteiger partial charge is 0.220 e. The van der Waals surface area contributed by atoms with E-state index in [9.17, 15) is 4.79 Å². The van der Waals surface area contributed by atoms with Crippen LogP contribution >= 0.6 is 12.4 Å². The molecule has 0 bridgehead atoms. The molecule has 2 atom stereocenters. The number of aryl methyl sites for hydroxylation is 1. The highest BCUT2D eigenvalue weighted by atomic mass is 35.5. The summed E-state index contributed by atoms with van der Waals surface area (Å²) in [5.74, 6) is 1.86. The Kier molecular flexibility index (Phi) is 8.86. The quantitative estimate of drug-likeness (QED) is 0.768. The zero-order valence-corrected chi connectivity index (χ0v) is 16.2. The second kappa shape index (κ2) is 10.4. The van der Waals surface area contributed by atoms with E-state index in [4.69, 9.17) is 14.2 Å². The number of hydrogen-bond donors (Lipinski definition) is 2. The summed E-state index contributed by atoms with van der Waals surface area (Å²) in [5, 5.41) is 6.52.